The van der Waals surface area contributed by atoms with Crippen LogP contribution in [0.1, 0.15) is 13.3 Å². The number of rotatable bonds is 8. The number of nitrogens with one attached hydrogen (secondary N) is 1. The third-order valence-electron chi connectivity index (χ3n) is 6.07. The molecular formula is C29H28N2O6S. The van der Waals surface area contributed by atoms with Crippen LogP contribution in [0.4, 0.5) is 11.4 Å². The Hall–Kier alpha value is -4.24. The van der Waals surface area contributed by atoms with E-state index in [2.05, 4.69) is 5.32 Å². The Bertz CT molecular complexity index is 1550. The van der Waals surface area contributed by atoms with Crippen molar-refractivity contribution in [3.05, 3.63) is 84.9 Å². The van der Waals surface area contributed by atoms with E-state index in [1.165, 1.54) is 0 Å². The summed E-state index contributed by atoms with van der Waals surface area (Å²) in [6, 6.07) is 24.2. The molecule has 1 N–H and O–H groups in total. The zero-order valence-electron chi connectivity index (χ0n) is 20.9. The highest BCUT2D eigenvalue weighted by Gasteiger charge is 2.30. The van der Waals surface area contributed by atoms with Crippen molar-refractivity contribution in [3.8, 4) is 17.2 Å². The molecule has 1 amide bonds. The minimum atomic E-state index is -4.16. The highest BCUT2D eigenvalue weighted by atomic mass is 32.2. The number of carbonyl (C=O) groups excluding carboxylic acids is 1. The van der Waals surface area contributed by atoms with Gasteiger partial charge in [-0.1, -0.05) is 36.4 Å². The molecule has 4 aromatic rings. The molecule has 0 bridgehead atoms. The molecule has 196 valence electrons. The average molecular weight is 533 g/mol. The number of fused-ring (bicyclic) bond motifs is 2. The molecular weight excluding hydrogens is 504 g/mol. The number of anilines is 2. The van der Waals surface area contributed by atoms with E-state index in [9.17, 15) is 13.2 Å². The fraction of sp³-hybridized carbons (Fsp3) is 0.207. The van der Waals surface area contributed by atoms with Crippen LogP contribution in [-0.2, 0) is 14.8 Å². The number of ether oxygens (including phenoxy) is 3. The summed E-state index contributed by atoms with van der Waals surface area (Å²) in [7, 11) is -4.16. The Kier molecular flexibility index (Phi) is 7.37. The first kappa shape index (κ1) is 25.4. The van der Waals surface area contributed by atoms with Gasteiger partial charge in [0, 0.05) is 23.6 Å². The molecule has 0 radical (unpaired) electrons. The van der Waals surface area contributed by atoms with Crippen LogP contribution in [0.15, 0.2) is 89.8 Å². The normalized spacial score (nSPS) is 13.0. The molecule has 0 saturated heterocycles. The molecule has 1 aliphatic rings. The SMILES string of the molecule is CCOc1ccc(NC(=O)CN(c2ccc3c(c2)OCCCO3)S(=O)(=O)c2cccc3ccccc23)cc1. The maximum atomic E-state index is 14.1. The summed E-state index contributed by atoms with van der Waals surface area (Å²) in [5, 5.41) is 4.14. The number of sulfonamides is 1. The van der Waals surface area contributed by atoms with Crippen molar-refractivity contribution in [2.24, 2.45) is 0 Å². The van der Waals surface area contributed by atoms with E-state index in [1.807, 2.05) is 25.1 Å². The Morgan fingerprint density at radius 2 is 1.66 bits per heavy atom. The van der Waals surface area contributed by atoms with Gasteiger partial charge in [-0.2, -0.15) is 0 Å². The highest BCUT2D eigenvalue weighted by molar-refractivity contribution is 7.93. The number of amides is 1. The molecule has 0 aliphatic carbocycles. The summed E-state index contributed by atoms with van der Waals surface area (Å²) in [6.45, 7) is 2.93. The molecule has 0 atom stereocenters. The van der Waals surface area contributed by atoms with Gasteiger partial charge < -0.3 is 19.5 Å². The highest BCUT2D eigenvalue weighted by Crippen LogP contribution is 2.36. The fourth-order valence-corrected chi connectivity index (χ4v) is 5.92. The lowest BCUT2D eigenvalue weighted by Gasteiger charge is -2.25. The van der Waals surface area contributed by atoms with E-state index >= 15 is 0 Å². The smallest absolute Gasteiger partial charge is 0.265 e. The van der Waals surface area contributed by atoms with E-state index in [1.54, 1.807) is 66.7 Å². The first-order valence-electron chi connectivity index (χ1n) is 12.4. The Labute approximate surface area is 221 Å². The molecule has 0 fully saturated rings. The minimum Gasteiger partial charge on any atom is -0.494 e. The zero-order chi connectivity index (χ0) is 26.5. The van der Waals surface area contributed by atoms with E-state index in [0.29, 0.717) is 60.3 Å². The largest absolute Gasteiger partial charge is 0.494 e. The van der Waals surface area contributed by atoms with Crippen LogP contribution in [0, 0.1) is 0 Å². The van der Waals surface area contributed by atoms with Crippen LogP contribution >= 0.6 is 0 Å². The van der Waals surface area contributed by atoms with Gasteiger partial charge in [0.25, 0.3) is 10.0 Å². The molecule has 38 heavy (non-hydrogen) atoms. The predicted molar refractivity (Wildman–Crippen MR) is 147 cm³/mol. The van der Waals surface area contributed by atoms with Crippen molar-refractivity contribution < 1.29 is 27.4 Å². The summed E-state index contributed by atoms with van der Waals surface area (Å²) < 4.78 is 46.4. The molecule has 1 aliphatic heterocycles. The van der Waals surface area contributed by atoms with Gasteiger partial charge in [0.1, 0.15) is 12.3 Å². The van der Waals surface area contributed by atoms with Gasteiger partial charge in [0.2, 0.25) is 5.91 Å². The van der Waals surface area contributed by atoms with Gasteiger partial charge >= 0.3 is 0 Å². The summed E-state index contributed by atoms with van der Waals surface area (Å²) in [5.74, 6) is 1.15. The second kappa shape index (κ2) is 11.0. The standard InChI is InChI=1S/C29H28N2O6S/c1-2-35-24-14-11-22(12-15-24)30-29(32)20-31(23-13-16-26-27(19-23)37-18-6-17-36-26)38(33,34)28-10-5-8-21-7-3-4-9-25(21)28/h3-5,7-16,19H,2,6,17-18,20H2,1H3,(H,30,32). The first-order chi connectivity index (χ1) is 18.5. The molecule has 4 aromatic carbocycles. The first-order valence-corrected chi connectivity index (χ1v) is 13.8. The lowest BCUT2D eigenvalue weighted by Crippen LogP contribution is -2.38. The Morgan fingerprint density at radius 3 is 2.45 bits per heavy atom. The van der Waals surface area contributed by atoms with Crippen LogP contribution in [-0.4, -0.2) is 40.7 Å². The molecule has 1 heterocycles. The monoisotopic (exact) mass is 532 g/mol. The number of hydrogen-bond donors (Lipinski definition) is 1. The fourth-order valence-electron chi connectivity index (χ4n) is 4.29. The van der Waals surface area contributed by atoms with Crippen molar-refractivity contribution in [2.45, 2.75) is 18.2 Å². The number of carbonyl (C=O) groups is 1. The molecule has 0 spiro atoms. The van der Waals surface area contributed by atoms with E-state index in [-0.39, 0.29) is 4.90 Å². The van der Waals surface area contributed by atoms with Crippen molar-refractivity contribution in [1.82, 2.24) is 0 Å². The molecule has 0 saturated carbocycles. The van der Waals surface area contributed by atoms with Crippen molar-refractivity contribution in [2.75, 3.05) is 36.0 Å². The second-order valence-electron chi connectivity index (χ2n) is 8.68. The lowest BCUT2D eigenvalue weighted by molar-refractivity contribution is -0.114. The third kappa shape index (κ3) is 5.38. The predicted octanol–water partition coefficient (Wildman–Crippen LogP) is 5.23. The molecule has 8 nitrogen and oxygen atoms in total. The molecule has 9 heteroatoms. The van der Waals surface area contributed by atoms with Gasteiger partial charge in [-0.15, -0.1) is 0 Å². The maximum Gasteiger partial charge on any atom is 0.265 e. The number of nitrogens with zero attached hydrogens (tertiary/aromatic N) is 1. The van der Waals surface area contributed by atoms with Gasteiger partial charge in [0.05, 0.1) is 30.4 Å². The minimum absolute atomic E-state index is 0.108. The molecule has 5 rings (SSSR count). The van der Waals surface area contributed by atoms with Gasteiger partial charge in [-0.25, -0.2) is 8.42 Å². The van der Waals surface area contributed by atoms with Gasteiger partial charge in [-0.05, 0) is 54.8 Å². The molecule has 0 unspecified atom stereocenters. The summed E-state index contributed by atoms with van der Waals surface area (Å²) in [5.41, 5.74) is 0.823. The van der Waals surface area contributed by atoms with E-state index in [0.717, 1.165) is 9.69 Å². The van der Waals surface area contributed by atoms with Crippen LogP contribution in [0.5, 0.6) is 17.2 Å². The molecule has 0 aromatic heterocycles. The van der Waals surface area contributed by atoms with Crippen LogP contribution in [0.3, 0.4) is 0 Å². The number of hydrogen-bond acceptors (Lipinski definition) is 6. The maximum absolute atomic E-state index is 14.1. The summed E-state index contributed by atoms with van der Waals surface area (Å²) in [6.07, 6.45) is 0.715. The van der Waals surface area contributed by atoms with Gasteiger partial charge in [-0.3, -0.25) is 9.10 Å². The topological polar surface area (TPSA) is 94.2 Å². The average Bonchev–Trinajstić information content (AvgIpc) is 3.17. The lowest BCUT2D eigenvalue weighted by atomic mass is 10.1. The second-order valence-corrected chi connectivity index (χ2v) is 10.5. The summed E-state index contributed by atoms with van der Waals surface area (Å²) in [4.78, 5) is 13.3. The Balaban J connectivity index is 1.52. The van der Waals surface area contributed by atoms with Crippen LogP contribution in [0.2, 0.25) is 0 Å². The third-order valence-corrected chi connectivity index (χ3v) is 7.91. The quantitative estimate of drug-likeness (QED) is 0.334. The zero-order valence-corrected chi connectivity index (χ0v) is 21.7. The Morgan fingerprint density at radius 1 is 0.921 bits per heavy atom. The van der Waals surface area contributed by atoms with E-state index < -0.39 is 22.5 Å². The summed E-state index contributed by atoms with van der Waals surface area (Å²) >= 11 is 0. The van der Waals surface area contributed by atoms with Crippen molar-refractivity contribution >= 4 is 38.1 Å². The van der Waals surface area contributed by atoms with Gasteiger partial charge in [0.15, 0.2) is 11.5 Å². The van der Waals surface area contributed by atoms with Crippen LogP contribution in [0.25, 0.3) is 10.8 Å². The van der Waals surface area contributed by atoms with E-state index in [4.69, 9.17) is 14.2 Å². The van der Waals surface area contributed by atoms with Crippen LogP contribution < -0.4 is 23.8 Å². The van der Waals surface area contributed by atoms with Crippen molar-refractivity contribution in [1.29, 1.82) is 0 Å². The van der Waals surface area contributed by atoms with Crippen molar-refractivity contribution in [3.63, 3.8) is 0 Å². The number of benzene rings is 4.